The molecule has 1 fully saturated rings. The Bertz CT molecular complexity index is 1260. The van der Waals surface area contributed by atoms with Crippen molar-refractivity contribution in [3.05, 3.63) is 77.9 Å². The van der Waals surface area contributed by atoms with Crippen molar-refractivity contribution in [2.45, 2.75) is 24.8 Å². The van der Waals surface area contributed by atoms with Crippen LogP contribution in [-0.4, -0.2) is 74.4 Å². The molecule has 1 saturated heterocycles. The predicted molar refractivity (Wildman–Crippen MR) is 140 cm³/mol. The van der Waals surface area contributed by atoms with Gasteiger partial charge in [-0.05, 0) is 42.0 Å². The lowest BCUT2D eigenvalue weighted by molar-refractivity contribution is -0.140. The van der Waals surface area contributed by atoms with E-state index in [1.165, 1.54) is 40.6 Å². The van der Waals surface area contributed by atoms with Crippen molar-refractivity contribution >= 4 is 27.5 Å². The van der Waals surface area contributed by atoms with Crippen molar-refractivity contribution in [3.8, 4) is 5.75 Å². The Morgan fingerprint density at radius 3 is 2.24 bits per heavy atom. The zero-order valence-corrected chi connectivity index (χ0v) is 22.0. The molecule has 0 spiro atoms. The van der Waals surface area contributed by atoms with Crippen LogP contribution in [0.5, 0.6) is 5.75 Å². The summed E-state index contributed by atoms with van der Waals surface area (Å²) in [7, 11) is -2.20. The highest BCUT2D eigenvalue weighted by Gasteiger charge is 2.45. The molecule has 1 aliphatic rings. The van der Waals surface area contributed by atoms with E-state index >= 15 is 0 Å². The number of carbonyl (C=O) groups excluding carboxylic acids is 2. The van der Waals surface area contributed by atoms with E-state index in [0.717, 1.165) is 0 Å². The first-order valence-electron chi connectivity index (χ1n) is 11.9. The molecule has 2 aromatic carbocycles. The molecule has 1 N–H and O–H groups in total. The van der Waals surface area contributed by atoms with Crippen molar-refractivity contribution < 1.29 is 32.6 Å². The number of hydrogen-bond donors (Lipinski definition) is 1. The zero-order valence-electron chi connectivity index (χ0n) is 21.2. The molecular weight excluding hydrogens is 496 g/mol. The van der Waals surface area contributed by atoms with Gasteiger partial charge in [-0.2, -0.15) is 4.31 Å². The second-order valence-corrected chi connectivity index (χ2v) is 10.2. The van der Waals surface area contributed by atoms with Gasteiger partial charge in [-0.3, -0.25) is 9.59 Å². The molecule has 1 amide bonds. The van der Waals surface area contributed by atoms with E-state index in [-0.39, 0.29) is 34.9 Å². The fourth-order valence-electron chi connectivity index (χ4n) is 4.20. The van der Waals surface area contributed by atoms with E-state index in [1.54, 1.807) is 44.2 Å². The molecule has 1 atom stereocenters. The number of sulfonamides is 1. The molecule has 1 heterocycles. The van der Waals surface area contributed by atoms with Crippen molar-refractivity contribution in [2.24, 2.45) is 0 Å². The van der Waals surface area contributed by atoms with Crippen molar-refractivity contribution in [2.75, 3.05) is 40.0 Å². The number of carbonyl (C=O) groups is 2. The van der Waals surface area contributed by atoms with Crippen LogP contribution in [0.3, 0.4) is 0 Å². The van der Waals surface area contributed by atoms with Crippen LogP contribution in [0, 0.1) is 0 Å². The number of ketones is 1. The third kappa shape index (κ3) is 5.76. The summed E-state index contributed by atoms with van der Waals surface area (Å²) in [5, 5.41) is 11.2. The fourth-order valence-corrected chi connectivity index (χ4v) is 5.66. The Morgan fingerprint density at radius 2 is 1.70 bits per heavy atom. The molecule has 198 valence electrons. The number of nitrogens with zero attached hydrogens (tertiary/aromatic N) is 2. The van der Waals surface area contributed by atoms with Gasteiger partial charge in [-0.25, -0.2) is 8.42 Å². The van der Waals surface area contributed by atoms with Gasteiger partial charge in [0, 0.05) is 32.3 Å². The van der Waals surface area contributed by atoms with Crippen molar-refractivity contribution in [3.63, 3.8) is 0 Å². The van der Waals surface area contributed by atoms with E-state index in [4.69, 9.17) is 9.47 Å². The Labute approximate surface area is 217 Å². The molecule has 3 rings (SSSR count). The number of benzene rings is 2. The highest BCUT2D eigenvalue weighted by Crippen LogP contribution is 2.39. The molecule has 0 radical (unpaired) electrons. The van der Waals surface area contributed by atoms with Gasteiger partial charge in [-0.15, -0.1) is 0 Å². The smallest absolute Gasteiger partial charge is 0.295 e. The summed E-state index contributed by atoms with van der Waals surface area (Å²) in [5.41, 5.74) is 0.739. The average Bonchev–Trinajstić information content (AvgIpc) is 3.16. The Balaban J connectivity index is 2.06. The number of aliphatic hydroxyl groups is 1. The van der Waals surface area contributed by atoms with Crippen LogP contribution in [-0.2, 0) is 24.3 Å². The summed E-state index contributed by atoms with van der Waals surface area (Å²) >= 11 is 0. The first-order chi connectivity index (χ1) is 17.7. The van der Waals surface area contributed by atoms with Crippen LogP contribution in [0.2, 0.25) is 0 Å². The Morgan fingerprint density at radius 1 is 1.08 bits per heavy atom. The van der Waals surface area contributed by atoms with E-state index in [2.05, 4.69) is 6.58 Å². The molecule has 2 aromatic rings. The molecule has 0 saturated carbocycles. The minimum absolute atomic E-state index is 0.0694. The van der Waals surface area contributed by atoms with Crippen LogP contribution in [0.1, 0.15) is 31.0 Å². The summed E-state index contributed by atoms with van der Waals surface area (Å²) in [6.07, 6.45) is 1.62. The molecule has 0 unspecified atom stereocenters. The highest BCUT2D eigenvalue weighted by molar-refractivity contribution is 7.89. The molecule has 1 aliphatic heterocycles. The number of hydrogen-bond acceptors (Lipinski definition) is 7. The number of aliphatic hydroxyl groups excluding tert-OH is 1. The summed E-state index contributed by atoms with van der Waals surface area (Å²) in [6.45, 7) is 8.42. The van der Waals surface area contributed by atoms with Gasteiger partial charge in [0.25, 0.3) is 11.7 Å². The number of likely N-dealkylation sites (tertiary alicyclic amines) is 1. The minimum Gasteiger partial charge on any atom is -0.507 e. The van der Waals surface area contributed by atoms with Crippen LogP contribution in [0.25, 0.3) is 5.76 Å². The fraction of sp³-hybridized carbons (Fsp3) is 0.333. The first-order valence-corrected chi connectivity index (χ1v) is 13.4. The molecule has 0 aromatic heterocycles. The zero-order chi connectivity index (χ0) is 27.2. The van der Waals surface area contributed by atoms with Gasteiger partial charge in [0.05, 0.1) is 23.1 Å². The van der Waals surface area contributed by atoms with Gasteiger partial charge in [0.1, 0.15) is 18.1 Å². The lowest BCUT2D eigenvalue weighted by Gasteiger charge is -2.25. The van der Waals surface area contributed by atoms with Crippen LogP contribution < -0.4 is 4.74 Å². The summed E-state index contributed by atoms with van der Waals surface area (Å²) in [4.78, 5) is 27.4. The second kappa shape index (κ2) is 12.2. The van der Waals surface area contributed by atoms with E-state index in [0.29, 0.717) is 31.0 Å². The predicted octanol–water partition coefficient (Wildman–Crippen LogP) is 3.35. The van der Waals surface area contributed by atoms with E-state index < -0.39 is 27.8 Å². The van der Waals surface area contributed by atoms with Crippen molar-refractivity contribution in [1.82, 2.24) is 9.21 Å². The van der Waals surface area contributed by atoms with Crippen molar-refractivity contribution in [1.29, 1.82) is 0 Å². The van der Waals surface area contributed by atoms with Gasteiger partial charge < -0.3 is 19.5 Å². The number of methoxy groups -OCH3 is 1. The second-order valence-electron chi connectivity index (χ2n) is 8.27. The number of Topliss-reactive ketones (excluding diaryl/α,β-unsaturated/α-hetero) is 1. The van der Waals surface area contributed by atoms with Crippen LogP contribution in [0.15, 0.2) is 71.7 Å². The summed E-state index contributed by atoms with van der Waals surface area (Å²) < 4.78 is 37.6. The Kier molecular flexibility index (Phi) is 9.25. The minimum atomic E-state index is -3.69. The van der Waals surface area contributed by atoms with Gasteiger partial charge in [0.2, 0.25) is 10.0 Å². The normalized spacial score (nSPS) is 17.4. The van der Waals surface area contributed by atoms with Gasteiger partial charge >= 0.3 is 0 Å². The highest BCUT2D eigenvalue weighted by atomic mass is 32.2. The third-order valence-electron chi connectivity index (χ3n) is 6.11. The third-order valence-corrected chi connectivity index (χ3v) is 8.18. The monoisotopic (exact) mass is 528 g/mol. The molecule has 0 aliphatic carbocycles. The lowest BCUT2D eigenvalue weighted by atomic mass is 9.95. The van der Waals surface area contributed by atoms with E-state index in [1.807, 2.05) is 0 Å². The molecular formula is C27H32N2O7S. The molecule has 9 nitrogen and oxygen atoms in total. The molecule has 0 bridgehead atoms. The summed E-state index contributed by atoms with van der Waals surface area (Å²) in [6, 6.07) is 11.6. The molecule has 37 heavy (non-hydrogen) atoms. The van der Waals surface area contributed by atoms with Gasteiger partial charge in [-0.1, -0.05) is 38.6 Å². The number of rotatable bonds is 12. The maximum Gasteiger partial charge on any atom is 0.295 e. The standard InChI is InChI=1S/C27H32N2O7S/c1-5-17-36-21-12-8-19(9-13-21)24-23(26(31)27(32)29(24)16-18-35-4)25(30)20-10-14-22(15-11-20)37(33,34)28(6-2)7-3/h5,8-15,24,30H,1,6-7,16-18H2,2-4H3/b25-23+/t24-/m0/s1. The lowest BCUT2D eigenvalue weighted by Crippen LogP contribution is -2.32. The number of amides is 1. The topological polar surface area (TPSA) is 113 Å². The van der Waals surface area contributed by atoms with Gasteiger partial charge in [0.15, 0.2) is 0 Å². The SMILES string of the molecule is C=CCOc1ccc([C@H]2/C(=C(\O)c3ccc(S(=O)(=O)N(CC)CC)cc3)C(=O)C(=O)N2CCOC)cc1. The van der Waals surface area contributed by atoms with Crippen LogP contribution in [0.4, 0.5) is 0 Å². The quantitative estimate of drug-likeness (QED) is 0.195. The number of ether oxygens (including phenoxy) is 2. The maximum absolute atomic E-state index is 13.1. The first kappa shape index (κ1) is 28.1. The van der Waals surface area contributed by atoms with E-state index in [9.17, 15) is 23.1 Å². The Hall–Kier alpha value is -3.47. The average molecular weight is 529 g/mol. The largest absolute Gasteiger partial charge is 0.507 e. The summed E-state index contributed by atoms with van der Waals surface area (Å²) in [5.74, 6) is -1.38. The maximum atomic E-state index is 13.1. The van der Waals surface area contributed by atoms with Crippen LogP contribution >= 0.6 is 0 Å². The molecule has 10 heteroatoms.